The molecule has 0 atom stereocenters. The summed E-state index contributed by atoms with van der Waals surface area (Å²) >= 11 is 5.71. The Morgan fingerprint density at radius 2 is 2.19 bits per heavy atom. The van der Waals surface area contributed by atoms with Crippen LogP contribution in [0.4, 0.5) is 5.69 Å². The van der Waals surface area contributed by atoms with Gasteiger partial charge in [-0.1, -0.05) is 11.6 Å². The van der Waals surface area contributed by atoms with Crippen molar-refractivity contribution in [1.82, 2.24) is 10.3 Å². The average Bonchev–Trinajstić information content (AvgIpc) is 2.12. The summed E-state index contributed by atoms with van der Waals surface area (Å²) in [6, 6.07) is 3.43. The molecule has 1 rings (SSSR count). The predicted molar refractivity (Wildman–Crippen MR) is 65.6 cm³/mol. The highest BCUT2D eigenvalue weighted by Gasteiger charge is 2.12. The fourth-order valence-corrected chi connectivity index (χ4v) is 1.33. The summed E-state index contributed by atoms with van der Waals surface area (Å²) in [6.07, 6.45) is 1.59. The number of nitrogens with one attached hydrogen (secondary N) is 2. The van der Waals surface area contributed by atoms with Crippen LogP contribution >= 0.6 is 11.6 Å². The summed E-state index contributed by atoms with van der Waals surface area (Å²) in [4.78, 5) is 15.3. The number of carbonyl (C=O) groups excluding carboxylic acids is 1. The number of nitrogens with zero attached hydrogens (tertiary/aromatic N) is 1. The highest BCUT2D eigenvalue weighted by atomic mass is 35.5. The van der Waals surface area contributed by atoms with Crippen LogP contribution in [0.3, 0.4) is 0 Å². The molecule has 0 bridgehead atoms. The molecule has 0 unspecified atom stereocenters. The summed E-state index contributed by atoms with van der Waals surface area (Å²) < 4.78 is 0. The Bertz CT molecular complexity index is 374. The third kappa shape index (κ3) is 4.98. The normalized spacial score (nSPS) is 11.0. The van der Waals surface area contributed by atoms with Crippen molar-refractivity contribution in [3.05, 3.63) is 23.5 Å². The summed E-state index contributed by atoms with van der Waals surface area (Å²) in [5.41, 5.74) is 0.568. The van der Waals surface area contributed by atoms with Crippen LogP contribution in [0.2, 0.25) is 5.15 Å². The zero-order valence-electron chi connectivity index (χ0n) is 9.67. The van der Waals surface area contributed by atoms with Gasteiger partial charge >= 0.3 is 0 Å². The molecule has 0 radical (unpaired) electrons. The molecule has 5 heteroatoms. The Labute approximate surface area is 100 Å². The lowest BCUT2D eigenvalue weighted by Crippen LogP contribution is -2.43. The molecule has 0 aliphatic heterocycles. The van der Waals surface area contributed by atoms with Gasteiger partial charge in [-0.3, -0.25) is 4.79 Å². The first-order valence-electron chi connectivity index (χ1n) is 5.03. The third-order valence-corrected chi connectivity index (χ3v) is 1.90. The second kappa shape index (κ2) is 5.16. The van der Waals surface area contributed by atoms with Crippen molar-refractivity contribution in [3.8, 4) is 0 Å². The van der Waals surface area contributed by atoms with E-state index in [1.165, 1.54) is 0 Å². The van der Waals surface area contributed by atoms with Crippen molar-refractivity contribution in [2.75, 3.05) is 11.9 Å². The van der Waals surface area contributed by atoms with Gasteiger partial charge in [0.2, 0.25) is 5.91 Å². The number of hydrogen-bond acceptors (Lipinski definition) is 3. The van der Waals surface area contributed by atoms with Gasteiger partial charge in [0.25, 0.3) is 0 Å². The number of amides is 1. The highest BCUT2D eigenvalue weighted by molar-refractivity contribution is 6.29. The largest absolute Gasteiger partial charge is 0.376 e. The maximum atomic E-state index is 11.5. The average molecular weight is 242 g/mol. The zero-order chi connectivity index (χ0) is 12.2. The van der Waals surface area contributed by atoms with Crippen LogP contribution in [0.1, 0.15) is 20.8 Å². The van der Waals surface area contributed by atoms with E-state index >= 15 is 0 Å². The number of aromatic nitrogens is 1. The number of carbonyl (C=O) groups is 1. The minimum Gasteiger partial charge on any atom is -0.376 e. The number of pyridine rings is 1. The SMILES string of the molecule is CC(C)(C)NC(=O)CNc1ccnc(Cl)c1. The van der Waals surface area contributed by atoms with E-state index in [4.69, 9.17) is 11.6 Å². The Morgan fingerprint density at radius 1 is 1.50 bits per heavy atom. The van der Waals surface area contributed by atoms with Crippen molar-refractivity contribution < 1.29 is 4.79 Å². The molecular weight excluding hydrogens is 226 g/mol. The summed E-state index contributed by atoms with van der Waals surface area (Å²) in [5, 5.41) is 6.23. The van der Waals surface area contributed by atoms with E-state index in [-0.39, 0.29) is 18.0 Å². The van der Waals surface area contributed by atoms with Gasteiger partial charge in [0.15, 0.2) is 0 Å². The summed E-state index contributed by atoms with van der Waals surface area (Å²) in [7, 11) is 0. The topological polar surface area (TPSA) is 54.0 Å². The Hall–Kier alpha value is -1.29. The van der Waals surface area contributed by atoms with E-state index < -0.39 is 0 Å². The van der Waals surface area contributed by atoms with Gasteiger partial charge in [-0.15, -0.1) is 0 Å². The second-order valence-electron chi connectivity index (χ2n) is 4.52. The van der Waals surface area contributed by atoms with Crippen molar-refractivity contribution in [3.63, 3.8) is 0 Å². The number of hydrogen-bond donors (Lipinski definition) is 2. The van der Waals surface area contributed by atoms with Crippen molar-refractivity contribution in [2.45, 2.75) is 26.3 Å². The molecule has 0 aromatic carbocycles. The first-order chi connectivity index (χ1) is 7.37. The predicted octanol–water partition coefficient (Wildman–Crippen LogP) is 2.06. The summed E-state index contributed by atoms with van der Waals surface area (Å²) in [6.45, 7) is 6.04. The van der Waals surface area contributed by atoms with Gasteiger partial charge in [0.05, 0.1) is 6.54 Å². The first kappa shape index (κ1) is 12.8. The standard InChI is InChI=1S/C11H16ClN3O/c1-11(2,3)15-10(16)7-14-8-4-5-13-9(12)6-8/h4-6H,7H2,1-3H3,(H,13,14)(H,15,16). The molecule has 4 nitrogen and oxygen atoms in total. The van der Waals surface area contributed by atoms with E-state index in [9.17, 15) is 4.79 Å². The van der Waals surface area contributed by atoms with Gasteiger partial charge in [0, 0.05) is 17.4 Å². The van der Waals surface area contributed by atoms with E-state index in [1.54, 1.807) is 18.3 Å². The highest BCUT2D eigenvalue weighted by Crippen LogP contribution is 2.11. The maximum absolute atomic E-state index is 11.5. The molecule has 2 N–H and O–H groups in total. The Balaban J connectivity index is 2.43. The molecule has 0 aliphatic carbocycles. The molecular formula is C11H16ClN3O. The van der Waals surface area contributed by atoms with Crippen LogP contribution in [-0.2, 0) is 4.79 Å². The molecule has 0 saturated heterocycles. The van der Waals surface area contributed by atoms with E-state index in [2.05, 4.69) is 15.6 Å². The molecule has 1 aromatic rings. The second-order valence-corrected chi connectivity index (χ2v) is 4.91. The fraction of sp³-hybridized carbons (Fsp3) is 0.455. The minimum absolute atomic E-state index is 0.0552. The van der Waals surface area contributed by atoms with E-state index in [0.717, 1.165) is 5.69 Å². The number of anilines is 1. The molecule has 0 fully saturated rings. The molecule has 1 heterocycles. The van der Waals surface area contributed by atoms with Crippen LogP contribution in [0, 0.1) is 0 Å². The molecule has 88 valence electrons. The lowest BCUT2D eigenvalue weighted by Gasteiger charge is -2.20. The van der Waals surface area contributed by atoms with Crippen molar-refractivity contribution in [1.29, 1.82) is 0 Å². The Kier molecular flexibility index (Phi) is 4.12. The van der Waals surface area contributed by atoms with Crippen LogP contribution in [-0.4, -0.2) is 23.0 Å². The number of halogens is 1. The van der Waals surface area contributed by atoms with Gasteiger partial charge in [-0.2, -0.15) is 0 Å². The summed E-state index contributed by atoms with van der Waals surface area (Å²) in [5.74, 6) is -0.0552. The van der Waals surface area contributed by atoms with Gasteiger partial charge in [-0.25, -0.2) is 4.98 Å². The van der Waals surface area contributed by atoms with Crippen LogP contribution in [0.5, 0.6) is 0 Å². The van der Waals surface area contributed by atoms with E-state index in [1.807, 2.05) is 20.8 Å². The molecule has 16 heavy (non-hydrogen) atoms. The quantitative estimate of drug-likeness (QED) is 0.797. The first-order valence-corrected chi connectivity index (χ1v) is 5.41. The monoisotopic (exact) mass is 241 g/mol. The van der Waals surface area contributed by atoms with Crippen LogP contribution in [0.15, 0.2) is 18.3 Å². The van der Waals surface area contributed by atoms with Gasteiger partial charge in [0.1, 0.15) is 5.15 Å². The minimum atomic E-state index is -0.214. The van der Waals surface area contributed by atoms with Gasteiger partial charge in [-0.05, 0) is 32.9 Å². The smallest absolute Gasteiger partial charge is 0.239 e. The third-order valence-electron chi connectivity index (χ3n) is 1.69. The molecule has 0 saturated carbocycles. The zero-order valence-corrected chi connectivity index (χ0v) is 10.4. The fourth-order valence-electron chi connectivity index (χ4n) is 1.16. The van der Waals surface area contributed by atoms with Crippen molar-refractivity contribution >= 4 is 23.2 Å². The maximum Gasteiger partial charge on any atom is 0.239 e. The lowest BCUT2D eigenvalue weighted by molar-refractivity contribution is -0.120. The molecule has 0 spiro atoms. The Morgan fingerprint density at radius 3 is 2.75 bits per heavy atom. The molecule has 1 aromatic heterocycles. The van der Waals surface area contributed by atoms with Gasteiger partial charge < -0.3 is 10.6 Å². The van der Waals surface area contributed by atoms with E-state index in [0.29, 0.717) is 5.15 Å². The van der Waals surface area contributed by atoms with Crippen molar-refractivity contribution in [2.24, 2.45) is 0 Å². The molecule has 0 aliphatic rings. The van der Waals surface area contributed by atoms with Crippen LogP contribution < -0.4 is 10.6 Å². The molecule has 1 amide bonds. The lowest BCUT2D eigenvalue weighted by atomic mass is 10.1. The van der Waals surface area contributed by atoms with Crippen LogP contribution in [0.25, 0.3) is 0 Å². The number of rotatable bonds is 3.